The zero-order valence-corrected chi connectivity index (χ0v) is 15.2. The summed E-state index contributed by atoms with van der Waals surface area (Å²) in [5, 5.41) is 14.2. The van der Waals surface area contributed by atoms with Crippen LogP contribution in [0.3, 0.4) is 0 Å². The number of carboxylic acid groups (broad SMARTS) is 1. The van der Waals surface area contributed by atoms with Crippen molar-refractivity contribution in [3.05, 3.63) is 58.1 Å². The molecule has 0 aliphatic heterocycles. The summed E-state index contributed by atoms with van der Waals surface area (Å²) in [7, 11) is 0. The van der Waals surface area contributed by atoms with Gasteiger partial charge in [0.1, 0.15) is 11.4 Å². The molecule has 2 aromatic rings. The van der Waals surface area contributed by atoms with Gasteiger partial charge in [0.05, 0.1) is 22.1 Å². The zero-order chi connectivity index (χ0) is 18.4. The van der Waals surface area contributed by atoms with E-state index < -0.39 is 11.8 Å². The van der Waals surface area contributed by atoms with Gasteiger partial charge in [-0.15, -0.1) is 0 Å². The number of nitrogens with zero attached hydrogens (tertiary/aromatic N) is 2. The van der Waals surface area contributed by atoms with E-state index in [0.29, 0.717) is 29.9 Å². The number of hydrogen-bond acceptors (Lipinski definition) is 2. The normalized spacial score (nSPS) is 11.4. The first-order chi connectivity index (χ1) is 12.0. The minimum Gasteiger partial charge on any atom is -0.478 e. The van der Waals surface area contributed by atoms with Crippen molar-refractivity contribution in [2.24, 2.45) is 0 Å². The number of hydrogen-bond donors (Lipinski definition) is 1. The van der Waals surface area contributed by atoms with Crippen molar-refractivity contribution < 1.29 is 14.3 Å². The molecule has 0 bridgehead atoms. The number of halogens is 2. The van der Waals surface area contributed by atoms with Crippen LogP contribution >= 0.6 is 11.6 Å². The van der Waals surface area contributed by atoms with Gasteiger partial charge in [0, 0.05) is 0 Å². The highest BCUT2D eigenvalue weighted by molar-refractivity contribution is 6.30. The molecule has 134 valence electrons. The smallest absolute Gasteiger partial charge is 0.339 e. The van der Waals surface area contributed by atoms with E-state index >= 15 is 0 Å². The van der Waals surface area contributed by atoms with Gasteiger partial charge >= 0.3 is 5.97 Å². The Labute approximate surface area is 151 Å². The number of aryl methyl sites for hydroxylation is 1. The zero-order valence-electron chi connectivity index (χ0n) is 14.4. The molecule has 0 radical (unpaired) electrons. The summed E-state index contributed by atoms with van der Waals surface area (Å²) in [6.07, 6.45) is 7.61. The number of allylic oxidation sites excluding steroid dienone is 2. The lowest BCUT2D eigenvalue weighted by molar-refractivity contribution is 0.0694. The fraction of sp³-hybridized carbons (Fsp3) is 0.368. The molecule has 0 aliphatic carbocycles. The highest BCUT2D eigenvalue weighted by atomic mass is 35.5. The maximum absolute atomic E-state index is 13.5. The molecule has 0 amide bonds. The predicted molar refractivity (Wildman–Crippen MR) is 97.2 cm³/mol. The SMILES string of the molecule is CCC=CCCc1nn(-c2ccc(F)c(Cl)c2)c(CCC)c1C(=O)O. The second-order valence-electron chi connectivity index (χ2n) is 5.75. The van der Waals surface area contributed by atoms with E-state index in [1.165, 1.54) is 12.1 Å². The molecule has 0 fully saturated rings. The van der Waals surface area contributed by atoms with Gasteiger partial charge in [-0.3, -0.25) is 0 Å². The van der Waals surface area contributed by atoms with Gasteiger partial charge in [-0.05, 0) is 43.9 Å². The molecule has 0 aliphatic rings. The van der Waals surface area contributed by atoms with Crippen molar-refractivity contribution in [3.63, 3.8) is 0 Å². The number of benzene rings is 1. The van der Waals surface area contributed by atoms with Crippen LogP contribution in [0.15, 0.2) is 30.4 Å². The summed E-state index contributed by atoms with van der Waals surface area (Å²) in [6, 6.07) is 4.29. The maximum atomic E-state index is 13.5. The Morgan fingerprint density at radius 2 is 2.08 bits per heavy atom. The van der Waals surface area contributed by atoms with Crippen molar-refractivity contribution in [2.75, 3.05) is 0 Å². The Hall–Kier alpha value is -2.14. The Kier molecular flexibility index (Phi) is 6.76. The third kappa shape index (κ3) is 4.48. The first-order valence-electron chi connectivity index (χ1n) is 8.44. The van der Waals surface area contributed by atoms with E-state index in [2.05, 4.69) is 5.10 Å². The highest BCUT2D eigenvalue weighted by Crippen LogP contribution is 2.25. The summed E-state index contributed by atoms with van der Waals surface area (Å²) in [5.41, 5.74) is 1.96. The van der Waals surface area contributed by atoms with Crippen LogP contribution in [0, 0.1) is 5.82 Å². The summed E-state index contributed by atoms with van der Waals surface area (Å²) < 4.78 is 15.0. The summed E-state index contributed by atoms with van der Waals surface area (Å²) >= 11 is 5.88. The molecule has 6 heteroatoms. The molecule has 0 atom stereocenters. The van der Waals surface area contributed by atoms with E-state index in [1.807, 2.05) is 26.0 Å². The van der Waals surface area contributed by atoms with Crippen molar-refractivity contribution in [3.8, 4) is 5.69 Å². The van der Waals surface area contributed by atoms with Gasteiger partial charge in [0.15, 0.2) is 0 Å². The molecule has 1 heterocycles. The fourth-order valence-electron chi connectivity index (χ4n) is 2.73. The van der Waals surface area contributed by atoms with E-state index in [1.54, 1.807) is 10.7 Å². The molecule has 1 aromatic carbocycles. The van der Waals surface area contributed by atoms with Gasteiger partial charge in [0.2, 0.25) is 0 Å². The first kappa shape index (κ1) is 19.2. The van der Waals surface area contributed by atoms with Crippen molar-refractivity contribution in [2.45, 2.75) is 46.0 Å². The molecular formula is C19H22ClFN2O2. The fourth-order valence-corrected chi connectivity index (χ4v) is 2.90. The van der Waals surface area contributed by atoms with Gasteiger partial charge in [-0.2, -0.15) is 5.10 Å². The Bertz CT molecular complexity index is 784. The van der Waals surface area contributed by atoms with Crippen LogP contribution in [0.4, 0.5) is 4.39 Å². The summed E-state index contributed by atoms with van der Waals surface area (Å²) in [5.74, 6) is -1.50. The average molecular weight is 365 g/mol. The first-order valence-corrected chi connectivity index (χ1v) is 8.81. The molecule has 4 nitrogen and oxygen atoms in total. The lowest BCUT2D eigenvalue weighted by Gasteiger charge is -2.08. The molecule has 1 N–H and O–H groups in total. The van der Waals surface area contributed by atoms with Gasteiger partial charge in [-0.25, -0.2) is 13.9 Å². The molecular weight excluding hydrogens is 343 g/mol. The third-order valence-corrected chi connectivity index (χ3v) is 4.14. The molecule has 0 spiro atoms. The second-order valence-corrected chi connectivity index (χ2v) is 6.16. The van der Waals surface area contributed by atoms with Crippen LogP contribution in [-0.4, -0.2) is 20.9 Å². The van der Waals surface area contributed by atoms with Crippen LogP contribution in [0.1, 0.15) is 54.9 Å². The highest BCUT2D eigenvalue weighted by Gasteiger charge is 2.23. The average Bonchev–Trinajstić information content (AvgIpc) is 2.93. The summed E-state index contributed by atoms with van der Waals surface area (Å²) in [6.45, 7) is 4.02. The Morgan fingerprint density at radius 1 is 1.32 bits per heavy atom. The van der Waals surface area contributed by atoms with Crippen molar-refractivity contribution in [1.29, 1.82) is 0 Å². The third-order valence-electron chi connectivity index (χ3n) is 3.85. The lowest BCUT2D eigenvalue weighted by atomic mass is 10.1. The quantitative estimate of drug-likeness (QED) is 0.654. The van der Waals surface area contributed by atoms with Crippen LogP contribution < -0.4 is 0 Å². The van der Waals surface area contributed by atoms with Crippen LogP contribution in [0.25, 0.3) is 5.69 Å². The maximum Gasteiger partial charge on any atom is 0.339 e. The van der Waals surface area contributed by atoms with Crippen LogP contribution in [0.5, 0.6) is 0 Å². The van der Waals surface area contributed by atoms with E-state index in [4.69, 9.17) is 11.6 Å². The minimum atomic E-state index is -0.989. The number of rotatable bonds is 8. The summed E-state index contributed by atoms with van der Waals surface area (Å²) in [4.78, 5) is 11.8. The standard InChI is InChI=1S/C19H22ClFN2O2/c1-3-5-6-7-9-16-18(19(24)25)17(8-4-2)23(22-16)13-10-11-15(21)14(20)12-13/h5-6,10-12H,3-4,7-9H2,1-2H3,(H,24,25). The molecule has 2 rings (SSSR count). The molecule has 0 saturated carbocycles. The number of aromatic nitrogens is 2. The van der Waals surface area contributed by atoms with E-state index in [-0.39, 0.29) is 10.6 Å². The minimum absolute atomic E-state index is 0.0141. The van der Waals surface area contributed by atoms with Crippen LogP contribution in [-0.2, 0) is 12.8 Å². The van der Waals surface area contributed by atoms with E-state index in [9.17, 15) is 14.3 Å². The number of carboxylic acids is 1. The Balaban J connectivity index is 2.52. The van der Waals surface area contributed by atoms with Crippen LogP contribution in [0.2, 0.25) is 5.02 Å². The van der Waals surface area contributed by atoms with Gasteiger partial charge in [-0.1, -0.05) is 44.0 Å². The van der Waals surface area contributed by atoms with Crippen molar-refractivity contribution in [1.82, 2.24) is 9.78 Å². The predicted octanol–water partition coefficient (Wildman–Crippen LogP) is 5.21. The monoisotopic (exact) mass is 364 g/mol. The number of carbonyl (C=O) groups is 1. The Morgan fingerprint density at radius 3 is 2.68 bits per heavy atom. The van der Waals surface area contributed by atoms with Gasteiger partial charge < -0.3 is 5.11 Å². The number of aromatic carboxylic acids is 1. The van der Waals surface area contributed by atoms with Crippen molar-refractivity contribution >= 4 is 17.6 Å². The molecule has 0 unspecified atom stereocenters. The molecule has 1 aromatic heterocycles. The lowest BCUT2D eigenvalue weighted by Crippen LogP contribution is -2.07. The topological polar surface area (TPSA) is 55.1 Å². The molecule has 0 saturated heterocycles. The molecule has 25 heavy (non-hydrogen) atoms. The largest absolute Gasteiger partial charge is 0.478 e. The van der Waals surface area contributed by atoms with Gasteiger partial charge in [0.25, 0.3) is 0 Å². The van der Waals surface area contributed by atoms with E-state index in [0.717, 1.165) is 19.3 Å². The second kappa shape index (κ2) is 8.81.